The average Bonchev–Trinajstić information content (AvgIpc) is 2.90. The number of carbonyl (C=O) groups is 1. The molecule has 1 heterocycles. The van der Waals surface area contributed by atoms with E-state index in [1.807, 2.05) is 6.07 Å². The van der Waals surface area contributed by atoms with Gasteiger partial charge in [0, 0.05) is 18.9 Å². The van der Waals surface area contributed by atoms with Crippen molar-refractivity contribution in [3.8, 4) is 6.07 Å². The van der Waals surface area contributed by atoms with E-state index in [2.05, 4.69) is 10.0 Å². The molecular formula is C14H14N4O3S. The molecule has 114 valence electrons. The van der Waals surface area contributed by atoms with Crippen molar-refractivity contribution < 1.29 is 13.2 Å². The first kappa shape index (κ1) is 15.8. The maximum Gasteiger partial charge on any atom is 0.272 e. The number of amides is 1. The highest BCUT2D eigenvalue weighted by atomic mass is 32.2. The molecule has 7 nitrogen and oxygen atoms in total. The predicted molar refractivity (Wildman–Crippen MR) is 80.8 cm³/mol. The lowest BCUT2D eigenvalue weighted by Crippen LogP contribution is -2.18. The minimum Gasteiger partial charge on any atom is -0.345 e. The number of carbonyl (C=O) groups excluding carboxylic acids is 1. The highest BCUT2D eigenvalue weighted by Crippen LogP contribution is 2.16. The van der Waals surface area contributed by atoms with Crippen molar-refractivity contribution in [3.05, 3.63) is 47.8 Å². The van der Waals surface area contributed by atoms with E-state index >= 15 is 0 Å². The molecule has 0 aliphatic carbocycles. The third kappa shape index (κ3) is 3.16. The number of aromatic nitrogens is 1. The van der Waals surface area contributed by atoms with Crippen LogP contribution in [-0.4, -0.2) is 25.9 Å². The molecule has 0 unspecified atom stereocenters. The number of aryl methyl sites for hydroxylation is 1. The summed E-state index contributed by atoms with van der Waals surface area (Å²) in [6.07, 6.45) is 1.35. The summed E-state index contributed by atoms with van der Waals surface area (Å²) in [5.41, 5.74) is 1.07. The van der Waals surface area contributed by atoms with Gasteiger partial charge < -0.3 is 9.88 Å². The van der Waals surface area contributed by atoms with Crippen LogP contribution in [0.4, 0.5) is 5.69 Å². The fourth-order valence-corrected chi connectivity index (χ4v) is 2.69. The Balaban J connectivity index is 2.29. The second-order valence-corrected chi connectivity index (χ2v) is 6.41. The van der Waals surface area contributed by atoms with Crippen LogP contribution in [0.3, 0.4) is 0 Å². The molecule has 1 aromatic heterocycles. The van der Waals surface area contributed by atoms with E-state index in [-0.39, 0.29) is 10.6 Å². The van der Waals surface area contributed by atoms with Crippen LogP contribution in [0.25, 0.3) is 0 Å². The Morgan fingerprint density at radius 1 is 1.32 bits per heavy atom. The molecule has 0 atom stereocenters. The summed E-state index contributed by atoms with van der Waals surface area (Å²) in [5, 5.41) is 11.5. The Kier molecular flexibility index (Phi) is 4.30. The molecule has 0 aliphatic rings. The van der Waals surface area contributed by atoms with Crippen molar-refractivity contribution in [1.29, 1.82) is 5.26 Å². The van der Waals surface area contributed by atoms with Crippen molar-refractivity contribution in [2.45, 2.75) is 4.90 Å². The number of rotatable bonds is 4. The minimum atomic E-state index is -3.61. The molecule has 1 aromatic carbocycles. The van der Waals surface area contributed by atoms with Crippen LogP contribution in [0.15, 0.2) is 41.4 Å². The van der Waals surface area contributed by atoms with Crippen LogP contribution < -0.4 is 10.0 Å². The van der Waals surface area contributed by atoms with Crippen LogP contribution in [-0.2, 0) is 17.1 Å². The summed E-state index contributed by atoms with van der Waals surface area (Å²) >= 11 is 0. The third-order valence-electron chi connectivity index (χ3n) is 3.04. The van der Waals surface area contributed by atoms with Crippen molar-refractivity contribution in [2.75, 3.05) is 12.4 Å². The highest BCUT2D eigenvalue weighted by Gasteiger charge is 2.19. The number of sulfonamides is 1. The Labute approximate surface area is 128 Å². The quantitative estimate of drug-likeness (QED) is 0.879. The second kappa shape index (κ2) is 6.01. The van der Waals surface area contributed by atoms with E-state index in [1.54, 1.807) is 25.2 Å². The second-order valence-electron chi connectivity index (χ2n) is 4.53. The Morgan fingerprint density at radius 3 is 2.68 bits per heavy atom. The van der Waals surface area contributed by atoms with Crippen LogP contribution >= 0.6 is 0 Å². The predicted octanol–water partition coefficient (Wildman–Crippen LogP) is 1.06. The Morgan fingerprint density at radius 2 is 2.05 bits per heavy atom. The summed E-state index contributed by atoms with van der Waals surface area (Å²) in [6.45, 7) is 0. The van der Waals surface area contributed by atoms with Crippen molar-refractivity contribution >= 4 is 21.6 Å². The molecule has 8 heteroatoms. The molecule has 0 aliphatic heterocycles. The zero-order valence-corrected chi connectivity index (χ0v) is 12.8. The van der Waals surface area contributed by atoms with Gasteiger partial charge in [-0.15, -0.1) is 0 Å². The van der Waals surface area contributed by atoms with Gasteiger partial charge >= 0.3 is 0 Å². The topological polar surface area (TPSA) is 104 Å². The van der Waals surface area contributed by atoms with Gasteiger partial charge in [0.1, 0.15) is 10.6 Å². The molecule has 2 N–H and O–H groups in total. The SMILES string of the molecule is CNS(=O)(=O)c1cc(C(=O)Nc2cccc(C#N)c2)n(C)c1. The first-order valence-corrected chi connectivity index (χ1v) is 7.77. The molecular weight excluding hydrogens is 304 g/mol. The first-order chi connectivity index (χ1) is 10.4. The number of nitrogens with one attached hydrogen (secondary N) is 2. The largest absolute Gasteiger partial charge is 0.345 e. The van der Waals surface area contributed by atoms with Gasteiger partial charge in [-0.25, -0.2) is 13.1 Å². The van der Waals surface area contributed by atoms with E-state index < -0.39 is 15.9 Å². The van der Waals surface area contributed by atoms with Crippen molar-refractivity contribution in [1.82, 2.24) is 9.29 Å². The van der Waals surface area contributed by atoms with Gasteiger partial charge in [-0.1, -0.05) is 6.07 Å². The molecule has 0 spiro atoms. The maximum absolute atomic E-state index is 12.2. The van der Waals surface area contributed by atoms with Gasteiger partial charge in [0.15, 0.2) is 0 Å². The number of hydrogen-bond donors (Lipinski definition) is 2. The van der Waals surface area contributed by atoms with E-state index in [0.29, 0.717) is 11.3 Å². The number of anilines is 1. The molecule has 1 amide bonds. The van der Waals surface area contributed by atoms with E-state index in [9.17, 15) is 13.2 Å². The van der Waals surface area contributed by atoms with Crippen molar-refractivity contribution in [3.63, 3.8) is 0 Å². The average molecular weight is 318 g/mol. The lowest BCUT2D eigenvalue weighted by atomic mass is 10.2. The normalized spacial score (nSPS) is 11.0. The van der Waals surface area contributed by atoms with E-state index in [1.165, 1.54) is 29.9 Å². The molecule has 0 saturated heterocycles. The summed E-state index contributed by atoms with van der Waals surface area (Å²) in [5.74, 6) is -0.463. The zero-order chi connectivity index (χ0) is 16.3. The standard InChI is InChI=1S/C14H14N4O3S/c1-16-22(20,21)12-7-13(18(2)9-12)14(19)17-11-5-3-4-10(6-11)8-15/h3-7,9,16H,1-2H3,(H,17,19). The molecule has 2 rings (SSSR count). The van der Waals surface area contributed by atoms with Gasteiger partial charge in [-0.3, -0.25) is 4.79 Å². The summed E-state index contributed by atoms with van der Waals surface area (Å²) in [7, 11) is -0.731. The Bertz CT molecular complexity index is 862. The minimum absolute atomic E-state index is 0.00780. The Hall–Kier alpha value is -2.63. The summed E-state index contributed by atoms with van der Waals surface area (Å²) < 4.78 is 27.1. The van der Waals surface area contributed by atoms with Crippen LogP contribution in [0.5, 0.6) is 0 Å². The van der Waals surface area contributed by atoms with Crippen LogP contribution in [0.2, 0.25) is 0 Å². The van der Waals surface area contributed by atoms with Crippen LogP contribution in [0.1, 0.15) is 16.1 Å². The fraction of sp³-hybridized carbons (Fsp3) is 0.143. The fourth-order valence-electron chi connectivity index (χ4n) is 1.89. The molecule has 0 radical (unpaired) electrons. The molecule has 0 fully saturated rings. The molecule has 22 heavy (non-hydrogen) atoms. The first-order valence-electron chi connectivity index (χ1n) is 6.29. The van der Waals surface area contributed by atoms with Gasteiger partial charge in [-0.2, -0.15) is 5.26 Å². The lowest BCUT2D eigenvalue weighted by molar-refractivity contribution is 0.101. The van der Waals surface area contributed by atoms with Crippen molar-refractivity contribution in [2.24, 2.45) is 7.05 Å². The highest BCUT2D eigenvalue weighted by molar-refractivity contribution is 7.89. The lowest BCUT2D eigenvalue weighted by Gasteiger charge is -2.06. The summed E-state index contributed by atoms with van der Waals surface area (Å²) in [6, 6.07) is 9.72. The van der Waals surface area contributed by atoms with E-state index in [0.717, 1.165) is 0 Å². The maximum atomic E-state index is 12.2. The van der Waals surface area contributed by atoms with Gasteiger partial charge in [0.25, 0.3) is 5.91 Å². The van der Waals surface area contributed by atoms with Gasteiger partial charge in [0.05, 0.1) is 11.6 Å². The van der Waals surface area contributed by atoms with Crippen LogP contribution in [0, 0.1) is 11.3 Å². The third-order valence-corrected chi connectivity index (χ3v) is 4.42. The number of hydrogen-bond acceptors (Lipinski definition) is 4. The smallest absolute Gasteiger partial charge is 0.272 e. The molecule has 0 bridgehead atoms. The number of benzene rings is 1. The number of nitriles is 1. The molecule has 0 saturated carbocycles. The monoisotopic (exact) mass is 318 g/mol. The van der Waals surface area contributed by atoms with E-state index in [4.69, 9.17) is 5.26 Å². The zero-order valence-electron chi connectivity index (χ0n) is 12.0. The van der Waals surface area contributed by atoms with Gasteiger partial charge in [0.2, 0.25) is 10.0 Å². The number of nitrogens with zero attached hydrogens (tertiary/aromatic N) is 2. The summed E-state index contributed by atoms with van der Waals surface area (Å²) in [4.78, 5) is 12.2. The molecule has 2 aromatic rings. The van der Waals surface area contributed by atoms with Gasteiger partial charge in [-0.05, 0) is 31.3 Å².